The number of benzene rings is 1. The van der Waals surface area contributed by atoms with Crippen LogP contribution in [0.3, 0.4) is 0 Å². The fraction of sp³-hybridized carbons (Fsp3) is 0.654. The third-order valence-corrected chi connectivity index (χ3v) is 6.71. The van der Waals surface area contributed by atoms with Gasteiger partial charge in [0.25, 0.3) is 0 Å². The summed E-state index contributed by atoms with van der Waals surface area (Å²) < 4.78 is 17.0. The summed E-state index contributed by atoms with van der Waals surface area (Å²) >= 11 is 0. The van der Waals surface area contributed by atoms with Gasteiger partial charge in [0, 0.05) is 13.0 Å². The zero-order chi connectivity index (χ0) is 22.1. The van der Waals surface area contributed by atoms with Gasteiger partial charge < -0.3 is 19.3 Å². The van der Waals surface area contributed by atoms with E-state index >= 15 is 0 Å². The van der Waals surface area contributed by atoms with Gasteiger partial charge in [-0.1, -0.05) is 37.3 Å². The molecule has 0 unspecified atom stereocenters. The molecular formula is C26H38O5. The quantitative estimate of drug-likeness (QED) is 0.427. The van der Waals surface area contributed by atoms with E-state index in [9.17, 15) is 9.90 Å². The number of para-hydroxylation sites is 1. The molecule has 31 heavy (non-hydrogen) atoms. The van der Waals surface area contributed by atoms with E-state index in [4.69, 9.17) is 14.2 Å². The summed E-state index contributed by atoms with van der Waals surface area (Å²) in [4.78, 5) is 11.6. The second kappa shape index (κ2) is 12.3. The number of aliphatic hydroxyl groups is 1. The van der Waals surface area contributed by atoms with Crippen molar-refractivity contribution in [1.29, 1.82) is 0 Å². The first kappa shape index (κ1) is 23.8. The van der Waals surface area contributed by atoms with Crippen molar-refractivity contribution < 1.29 is 24.1 Å². The molecule has 1 aliphatic carbocycles. The smallest absolute Gasteiger partial charge is 0.305 e. The van der Waals surface area contributed by atoms with E-state index in [1.165, 1.54) is 0 Å². The topological polar surface area (TPSA) is 65.0 Å². The molecule has 5 nitrogen and oxygen atoms in total. The molecule has 6 atom stereocenters. The molecule has 3 rings (SSSR count). The number of allylic oxidation sites excluding steroid dienone is 1. The zero-order valence-electron chi connectivity index (χ0n) is 18.9. The minimum atomic E-state index is -0.617. The van der Waals surface area contributed by atoms with Crippen LogP contribution in [0.15, 0.2) is 42.5 Å². The number of rotatable bonds is 10. The molecule has 1 aromatic carbocycles. The SMILES string of the molecule is CCOC(=O)CCC[C@H]1CC[C@@H]2[C@@H](/C=C/[C@@H](O)COc3ccccc3)[C@H](C)C[C@@H]2OC1. The van der Waals surface area contributed by atoms with Crippen molar-refractivity contribution in [3.8, 4) is 5.75 Å². The third-order valence-electron chi connectivity index (χ3n) is 6.71. The van der Waals surface area contributed by atoms with Crippen LogP contribution in [0.2, 0.25) is 0 Å². The molecule has 2 fully saturated rings. The van der Waals surface area contributed by atoms with Crippen LogP contribution >= 0.6 is 0 Å². The lowest BCUT2D eigenvalue weighted by molar-refractivity contribution is -0.143. The Bertz CT molecular complexity index is 688. The van der Waals surface area contributed by atoms with Crippen molar-refractivity contribution in [3.63, 3.8) is 0 Å². The molecule has 1 aromatic rings. The highest BCUT2D eigenvalue weighted by molar-refractivity contribution is 5.69. The van der Waals surface area contributed by atoms with Crippen molar-refractivity contribution >= 4 is 5.97 Å². The Morgan fingerprint density at radius 2 is 2.10 bits per heavy atom. The van der Waals surface area contributed by atoms with Gasteiger partial charge in [0.1, 0.15) is 18.5 Å². The number of aliphatic hydroxyl groups excluding tert-OH is 1. The number of carbonyl (C=O) groups is 1. The average Bonchev–Trinajstić information content (AvgIpc) is 2.93. The van der Waals surface area contributed by atoms with Gasteiger partial charge in [0.05, 0.1) is 12.7 Å². The van der Waals surface area contributed by atoms with Gasteiger partial charge in [0.2, 0.25) is 0 Å². The lowest BCUT2D eigenvalue weighted by Crippen LogP contribution is -2.21. The standard InChI is InChI=1S/C26H38O5/c1-3-29-26(28)11-7-8-20-12-14-24-23(19(2)16-25(24)31-17-20)15-13-21(27)18-30-22-9-5-4-6-10-22/h4-6,9-10,13,15,19-21,23-25,27H,3,7-8,11-12,14,16-18H2,1-2H3/b15-13+/t19-,20+,21-,23+,24-,25+/m1/s1. The van der Waals surface area contributed by atoms with Crippen LogP contribution in [-0.4, -0.2) is 43.1 Å². The van der Waals surface area contributed by atoms with E-state index in [0.717, 1.165) is 44.5 Å². The predicted octanol–water partition coefficient (Wildman–Crippen LogP) is 4.78. The molecule has 5 heteroatoms. The molecule has 1 saturated carbocycles. The second-order valence-electron chi connectivity index (χ2n) is 9.04. The first-order valence-corrected chi connectivity index (χ1v) is 11.9. The maximum Gasteiger partial charge on any atom is 0.305 e. The Morgan fingerprint density at radius 1 is 1.29 bits per heavy atom. The number of hydrogen-bond donors (Lipinski definition) is 1. The molecule has 172 valence electrons. The van der Waals surface area contributed by atoms with Crippen LogP contribution in [0.1, 0.15) is 52.4 Å². The van der Waals surface area contributed by atoms with Crippen molar-refractivity contribution in [2.24, 2.45) is 23.7 Å². The Kier molecular flexibility index (Phi) is 9.41. The van der Waals surface area contributed by atoms with Gasteiger partial charge in [-0.25, -0.2) is 0 Å². The van der Waals surface area contributed by atoms with Crippen LogP contribution in [-0.2, 0) is 14.3 Å². The third kappa shape index (κ3) is 7.36. The zero-order valence-corrected chi connectivity index (χ0v) is 18.9. The van der Waals surface area contributed by atoms with Gasteiger partial charge >= 0.3 is 5.97 Å². The fourth-order valence-corrected chi connectivity index (χ4v) is 5.05. The molecule has 0 aromatic heterocycles. The normalized spacial score (nSPS) is 29.3. The van der Waals surface area contributed by atoms with Crippen molar-refractivity contribution in [3.05, 3.63) is 42.5 Å². The van der Waals surface area contributed by atoms with Gasteiger partial charge in [-0.2, -0.15) is 0 Å². The van der Waals surface area contributed by atoms with Crippen molar-refractivity contribution in [2.75, 3.05) is 19.8 Å². The van der Waals surface area contributed by atoms with Crippen LogP contribution in [0, 0.1) is 23.7 Å². The number of carbonyl (C=O) groups excluding carboxylic acids is 1. The summed E-state index contributed by atoms with van der Waals surface area (Å²) in [7, 11) is 0. The van der Waals surface area contributed by atoms with E-state index in [1.54, 1.807) is 0 Å². The molecule has 1 N–H and O–H groups in total. The average molecular weight is 431 g/mol. The first-order chi connectivity index (χ1) is 15.1. The summed E-state index contributed by atoms with van der Waals surface area (Å²) in [5.41, 5.74) is 0. The molecule has 1 heterocycles. The van der Waals surface area contributed by atoms with Crippen LogP contribution in [0.4, 0.5) is 0 Å². The number of esters is 1. The van der Waals surface area contributed by atoms with Gasteiger partial charge in [-0.3, -0.25) is 4.79 Å². The Balaban J connectivity index is 1.45. The van der Waals surface area contributed by atoms with E-state index in [2.05, 4.69) is 13.0 Å². The molecule has 0 bridgehead atoms. The Labute approximate surface area is 186 Å². The maximum absolute atomic E-state index is 11.6. The van der Waals surface area contributed by atoms with Crippen LogP contribution < -0.4 is 4.74 Å². The summed E-state index contributed by atoms with van der Waals surface area (Å²) in [6, 6.07) is 9.58. The van der Waals surface area contributed by atoms with Crippen molar-refractivity contribution in [2.45, 2.75) is 64.6 Å². The summed E-state index contributed by atoms with van der Waals surface area (Å²) in [6.07, 6.45) is 9.53. The van der Waals surface area contributed by atoms with Crippen molar-refractivity contribution in [1.82, 2.24) is 0 Å². The Hall–Kier alpha value is -1.85. The van der Waals surface area contributed by atoms with E-state index in [-0.39, 0.29) is 12.6 Å². The molecule has 0 amide bonds. The highest BCUT2D eigenvalue weighted by atomic mass is 16.5. The predicted molar refractivity (Wildman–Crippen MR) is 121 cm³/mol. The minimum Gasteiger partial charge on any atom is -0.491 e. The highest BCUT2D eigenvalue weighted by Gasteiger charge is 2.42. The van der Waals surface area contributed by atoms with Gasteiger partial charge in [0.15, 0.2) is 0 Å². The molecule has 0 spiro atoms. The fourth-order valence-electron chi connectivity index (χ4n) is 5.05. The number of hydrogen-bond acceptors (Lipinski definition) is 5. The Morgan fingerprint density at radius 3 is 2.87 bits per heavy atom. The van der Waals surface area contributed by atoms with E-state index < -0.39 is 6.10 Å². The largest absolute Gasteiger partial charge is 0.491 e. The number of ether oxygens (including phenoxy) is 3. The summed E-state index contributed by atoms with van der Waals surface area (Å²) in [6.45, 7) is 5.64. The molecule has 1 aliphatic heterocycles. The molecular weight excluding hydrogens is 392 g/mol. The van der Waals surface area contributed by atoms with E-state index in [0.29, 0.717) is 42.8 Å². The monoisotopic (exact) mass is 430 g/mol. The van der Waals surface area contributed by atoms with Crippen LogP contribution in [0.25, 0.3) is 0 Å². The van der Waals surface area contributed by atoms with E-state index in [1.807, 2.05) is 43.3 Å². The summed E-state index contributed by atoms with van der Waals surface area (Å²) in [5.74, 6) is 2.68. The lowest BCUT2D eigenvalue weighted by atomic mass is 9.84. The first-order valence-electron chi connectivity index (χ1n) is 11.9. The minimum absolute atomic E-state index is 0.0947. The second-order valence-corrected chi connectivity index (χ2v) is 9.04. The molecule has 2 aliphatic rings. The molecule has 1 saturated heterocycles. The van der Waals surface area contributed by atoms with Crippen LogP contribution in [0.5, 0.6) is 5.75 Å². The summed E-state index contributed by atoms with van der Waals surface area (Å²) in [5, 5.41) is 10.4. The number of fused-ring (bicyclic) bond motifs is 1. The highest BCUT2D eigenvalue weighted by Crippen LogP contribution is 2.45. The maximum atomic E-state index is 11.6. The van der Waals surface area contributed by atoms with Gasteiger partial charge in [-0.05, 0) is 74.8 Å². The molecule has 0 radical (unpaired) electrons. The van der Waals surface area contributed by atoms with Gasteiger partial charge in [-0.15, -0.1) is 0 Å². The lowest BCUT2D eigenvalue weighted by Gasteiger charge is -2.21.